The molecule has 1 aromatic carbocycles. The average molecular weight is 241 g/mol. The molecule has 1 aliphatic carbocycles. The van der Waals surface area contributed by atoms with Gasteiger partial charge in [-0.2, -0.15) is 0 Å². The molecule has 0 saturated heterocycles. The van der Waals surface area contributed by atoms with Crippen LogP contribution < -0.4 is 0 Å². The Morgan fingerprint density at radius 1 is 1.46 bits per heavy atom. The third-order valence-corrected chi connectivity index (χ3v) is 3.25. The van der Waals surface area contributed by atoms with Crippen LogP contribution in [0.25, 0.3) is 0 Å². The Morgan fingerprint density at radius 2 is 2.23 bits per heavy atom. The molecule has 1 atom stereocenters. The van der Waals surface area contributed by atoms with Gasteiger partial charge in [0.15, 0.2) is 0 Å². The number of hydrogen-bond donors (Lipinski definition) is 1. The molecule has 0 saturated carbocycles. The third-order valence-electron chi connectivity index (χ3n) is 2.76. The Bertz CT molecular complexity index is 331. The minimum atomic E-state index is -0.617. The van der Waals surface area contributed by atoms with E-state index in [1.165, 1.54) is 5.56 Å². The van der Waals surface area contributed by atoms with E-state index in [-0.39, 0.29) is 0 Å². The van der Waals surface area contributed by atoms with Crippen molar-refractivity contribution in [2.75, 3.05) is 0 Å². The second-order valence-corrected chi connectivity index (χ2v) is 4.84. The molecule has 0 bridgehead atoms. The third kappa shape index (κ3) is 1.65. The highest BCUT2D eigenvalue weighted by Crippen LogP contribution is 2.35. The average Bonchev–Trinajstić information content (AvgIpc) is 2.02. The zero-order valence-electron chi connectivity index (χ0n) is 7.68. The van der Waals surface area contributed by atoms with Crippen molar-refractivity contribution in [1.82, 2.24) is 0 Å². The Balaban J connectivity index is 2.53. The molecule has 70 valence electrons. The van der Waals surface area contributed by atoms with Crippen LogP contribution in [0.5, 0.6) is 0 Å². The van der Waals surface area contributed by atoms with Crippen LogP contribution >= 0.6 is 15.9 Å². The first-order valence-corrected chi connectivity index (χ1v) is 5.40. The van der Waals surface area contributed by atoms with Crippen LogP contribution in [0.1, 0.15) is 30.9 Å². The first-order valence-electron chi connectivity index (χ1n) is 4.61. The van der Waals surface area contributed by atoms with Crippen molar-refractivity contribution in [2.45, 2.75) is 31.8 Å². The van der Waals surface area contributed by atoms with Gasteiger partial charge in [0, 0.05) is 4.47 Å². The molecule has 0 heterocycles. The lowest BCUT2D eigenvalue weighted by atomic mass is 9.80. The fraction of sp³-hybridized carbons (Fsp3) is 0.455. The van der Waals surface area contributed by atoms with E-state index in [4.69, 9.17) is 0 Å². The van der Waals surface area contributed by atoms with Crippen molar-refractivity contribution in [3.63, 3.8) is 0 Å². The summed E-state index contributed by atoms with van der Waals surface area (Å²) in [5.74, 6) is 0. The maximum absolute atomic E-state index is 10.1. The Labute approximate surface area is 86.9 Å². The van der Waals surface area contributed by atoms with Crippen molar-refractivity contribution < 1.29 is 5.11 Å². The van der Waals surface area contributed by atoms with E-state index >= 15 is 0 Å². The molecular weight excluding hydrogens is 228 g/mol. The predicted octanol–water partition coefficient (Wildman–Crippen LogP) is 2.99. The van der Waals surface area contributed by atoms with E-state index in [1.807, 2.05) is 19.1 Å². The maximum Gasteiger partial charge on any atom is 0.0871 e. The smallest absolute Gasteiger partial charge is 0.0871 e. The minimum absolute atomic E-state index is 0.617. The molecule has 13 heavy (non-hydrogen) atoms. The van der Waals surface area contributed by atoms with Crippen molar-refractivity contribution in [3.05, 3.63) is 33.8 Å². The van der Waals surface area contributed by atoms with Gasteiger partial charge in [-0.15, -0.1) is 0 Å². The standard InChI is InChI=1S/C11H13BrO/c1-11(13)6-2-3-8-7-9(12)4-5-10(8)11/h4-5,7,13H,2-3,6H2,1H3. The summed E-state index contributed by atoms with van der Waals surface area (Å²) in [6.45, 7) is 1.90. The van der Waals surface area contributed by atoms with Crippen LogP contribution in [0.15, 0.2) is 22.7 Å². The number of rotatable bonds is 0. The van der Waals surface area contributed by atoms with Gasteiger partial charge in [-0.25, -0.2) is 0 Å². The highest BCUT2D eigenvalue weighted by molar-refractivity contribution is 9.10. The summed E-state index contributed by atoms with van der Waals surface area (Å²) in [6.07, 6.45) is 3.04. The van der Waals surface area contributed by atoms with Crippen LogP contribution in [0, 0.1) is 0 Å². The second kappa shape index (κ2) is 3.10. The number of aliphatic hydroxyl groups is 1. The largest absolute Gasteiger partial charge is 0.385 e. The molecule has 1 N–H and O–H groups in total. The van der Waals surface area contributed by atoms with Gasteiger partial charge < -0.3 is 5.11 Å². The van der Waals surface area contributed by atoms with E-state index < -0.39 is 5.60 Å². The Hall–Kier alpha value is -0.340. The minimum Gasteiger partial charge on any atom is -0.385 e. The van der Waals surface area contributed by atoms with E-state index in [1.54, 1.807) is 0 Å². The van der Waals surface area contributed by atoms with Gasteiger partial charge in [-0.1, -0.05) is 22.0 Å². The van der Waals surface area contributed by atoms with E-state index in [0.29, 0.717) is 0 Å². The molecule has 0 aliphatic heterocycles. The van der Waals surface area contributed by atoms with Crippen LogP contribution in [-0.2, 0) is 12.0 Å². The summed E-state index contributed by atoms with van der Waals surface area (Å²) in [6, 6.07) is 6.14. The Kier molecular flexibility index (Phi) is 2.20. The second-order valence-electron chi connectivity index (χ2n) is 3.93. The fourth-order valence-electron chi connectivity index (χ4n) is 2.05. The van der Waals surface area contributed by atoms with Gasteiger partial charge in [0.25, 0.3) is 0 Å². The number of benzene rings is 1. The van der Waals surface area contributed by atoms with Crippen molar-refractivity contribution in [2.24, 2.45) is 0 Å². The zero-order chi connectivity index (χ0) is 9.47. The summed E-state index contributed by atoms with van der Waals surface area (Å²) in [4.78, 5) is 0. The molecule has 2 heteroatoms. The fourth-order valence-corrected chi connectivity index (χ4v) is 2.46. The van der Waals surface area contributed by atoms with Crippen molar-refractivity contribution in [3.8, 4) is 0 Å². The quantitative estimate of drug-likeness (QED) is 0.740. The Morgan fingerprint density at radius 3 is 3.00 bits per heavy atom. The van der Waals surface area contributed by atoms with Crippen molar-refractivity contribution in [1.29, 1.82) is 0 Å². The van der Waals surface area contributed by atoms with Crippen LogP contribution in [-0.4, -0.2) is 5.11 Å². The predicted molar refractivity (Wildman–Crippen MR) is 56.7 cm³/mol. The maximum atomic E-state index is 10.1. The summed E-state index contributed by atoms with van der Waals surface area (Å²) < 4.78 is 1.10. The molecule has 0 amide bonds. The molecule has 0 fully saturated rings. The summed E-state index contributed by atoms with van der Waals surface area (Å²) >= 11 is 3.45. The summed E-state index contributed by atoms with van der Waals surface area (Å²) in [5, 5.41) is 10.1. The topological polar surface area (TPSA) is 20.2 Å². The van der Waals surface area contributed by atoms with Crippen LogP contribution in [0.2, 0.25) is 0 Å². The first-order chi connectivity index (χ1) is 6.09. The van der Waals surface area contributed by atoms with E-state index in [2.05, 4.69) is 22.0 Å². The van der Waals surface area contributed by atoms with Gasteiger partial charge in [0.05, 0.1) is 5.60 Å². The highest BCUT2D eigenvalue weighted by atomic mass is 79.9. The monoisotopic (exact) mass is 240 g/mol. The molecule has 1 unspecified atom stereocenters. The molecular formula is C11H13BrO. The van der Waals surface area contributed by atoms with Gasteiger partial charge in [-0.3, -0.25) is 0 Å². The number of hydrogen-bond acceptors (Lipinski definition) is 1. The molecule has 1 aliphatic rings. The lowest BCUT2D eigenvalue weighted by molar-refractivity contribution is 0.0387. The first kappa shape index (κ1) is 9.22. The van der Waals surface area contributed by atoms with Gasteiger partial charge in [0.1, 0.15) is 0 Å². The lowest BCUT2D eigenvalue weighted by Crippen LogP contribution is -2.26. The molecule has 2 rings (SSSR count). The SMILES string of the molecule is CC1(O)CCCc2cc(Br)ccc21. The molecule has 1 aromatic rings. The lowest BCUT2D eigenvalue weighted by Gasteiger charge is -2.31. The normalized spacial score (nSPS) is 27.0. The number of aryl methyl sites for hydroxylation is 1. The van der Waals surface area contributed by atoms with E-state index in [9.17, 15) is 5.11 Å². The molecule has 0 aromatic heterocycles. The highest BCUT2D eigenvalue weighted by Gasteiger charge is 2.28. The van der Waals surface area contributed by atoms with Crippen LogP contribution in [0.3, 0.4) is 0 Å². The van der Waals surface area contributed by atoms with Gasteiger partial charge in [-0.05, 0) is 49.4 Å². The number of halogens is 1. The summed E-state index contributed by atoms with van der Waals surface area (Å²) in [5.41, 5.74) is 1.77. The van der Waals surface area contributed by atoms with E-state index in [0.717, 1.165) is 29.3 Å². The molecule has 0 radical (unpaired) electrons. The molecule has 0 spiro atoms. The van der Waals surface area contributed by atoms with Crippen LogP contribution in [0.4, 0.5) is 0 Å². The van der Waals surface area contributed by atoms with Gasteiger partial charge >= 0.3 is 0 Å². The molecule has 1 nitrogen and oxygen atoms in total. The number of fused-ring (bicyclic) bond motifs is 1. The van der Waals surface area contributed by atoms with Gasteiger partial charge in [0.2, 0.25) is 0 Å². The van der Waals surface area contributed by atoms with Crippen molar-refractivity contribution >= 4 is 15.9 Å². The summed E-state index contributed by atoms with van der Waals surface area (Å²) in [7, 11) is 0. The zero-order valence-corrected chi connectivity index (χ0v) is 9.26.